The van der Waals surface area contributed by atoms with Gasteiger partial charge in [-0.05, 0) is 43.9 Å². The van der Waals surface area contributed by atoms with Gasteiger partial charge in [0.25, 0.3) is 0 Å². The van der Waals surface area contributed by atoms with Gasteiger partial charge in [0, 0.05) is 24.5 Å². The summed E-state index contributed by atoms with van der Waals surface area (Å²) in [5.41, 5.74) is 0. The number of anilines is 1. The highest BCUT2D eigenvalue weighted by molar-refractivity contribution is 5.30. The SMILES string of the molecule is CC1CCC(n2ccnc2NC2CC2)CC1C. The molecule has 0 spiro atoms. The highest BCUT2D eigenvalue weighted by Gasteiger charge is 2.28. The lowest BCUT2D eigenvalue weighted by Crippen LogP contribution is -2.24. The van der Waals surface area contributed by atoms with Crippen molar-refractivity contribution in [2.24, 2.45) is 11.8 Å². The maximum atomic E-state index is 4.47. The highest BCUT2D eigenvalue weighted by atomic mass is 15.2. The van der Waals surface area contributed by atoms with Crippen molar-refractivity contribution in [2.45, 2.75) is 58.0 Å². The second-order valence-corrected chi connectivity index (χ2v) is 6.00. The molecule has 3 nitrogen and oxygen atoms in total. The number of aromatic nitrogens is 2. The summed E-state index contributed by atoms with van der Waals surface area (Å²) in [6.07, 6.45) is 10.7. The Balaban J connectivity index is 1.72. The molecule has 1 aromatic rings. The van der Waals surface area contributed by atoms with Gasteiger partial charge in [0.2, 0.25) is 5.95 Å². The number of nitrogens with one attached hydrogen (secondary N) is 1. The van der Waals surface area contributed by atoms with Gasteiger partial charge in [-0.25, -0.2) is 4.98 Å². The zero-order valence-corrected chi connectivity index (χ0v) is 10.9. The molecule has 0 amide bonds. The fourth-order valence-corrected chi connectivity index (χ4v) is 2.90. The predicted molar refractivity (Wildman–Crippen MR) is 70.1 cm³/mol. The maximum Gasteiger partial charge on any atom is 0.203 e. The Bertz CT molecular complexity index is 381. The Labute approximate surface area is 104 Å². The summed E-state index contributed by atoms with van der Waals surface area (Å²) in [5.74, 6) is 2.82. The average molecular weight is 233 g/mol. The van der Waals surface area contributed by atoms with E-state index in [4.69, 9.17) is 0 Å². The molecule has 0 bridgehead atoms. The van der Waals surface area contributed by atoms with E-state index in [1.165, 1.54) is 32.1 Å². The molecule has 0 saturated heterocycles. The third kappa shape index (κ3) is 2.33. The Morgan fingerprint density at radius 2 is 2.00 bits per heavy atom. The summed E-state index contributed by atoms with van der Waals surface area (Å²) in [6.45, 7) is 4.78. The summed E-state index contributed by atoms with van der Waals surface area (Å²) < 4.78 is 2.38. The van der Waals surface area contributed by atoms with E-state index in [9.17, 15) is 0 Å². The van der Waals surface area contributed by atoms with Crippen molar-refractivity contribution in [3.05, 3.63) is 12.4 Å². The molecule has 3 rings (SSSR count). The smallest absolute Gasteiger partial charge is 0.203 e. The molecule has 2 aliphatic carbocycles. The normalized spacial score (nSPS) is 33.6. The monoisotopic (exact) mass is 233 g/mol. The first-order chi connectivity index (χ1) is 8.24. The molecule has 2 aliphatic rings. The Hall–Kier alpha value is -0.990. The van der Waals surface area contributed by atoms with Crippen molar-refractivity contribution in [3.8, 4) is 0 Å². The minimum atomic E-state index is 0.657. The Morgan fingerprint density at radius 3 is 2.71 bits per heavy atom. The molecule has 0 aliphatic heterocycles. The van der Waals surface area contributed by atoms with Crippen LogP contribution in [0.25, 0.3) is 0 Å². The molecule has 1 heterocycles. The fourth-order valence-electron chi connectivity index (χ4n) is 2.90. The Kier molecular flexibility index (Phi) is 2.85. The second-order valence-electron chi connectivity index (χ2n) is 6.00. The van der Waals surface area contributed by atoms with E-state index in [1.807, 2.05) is 6.20 Å². The fraction of sp³-hybridized carbons (Fsp3) is 0.786. The van der Waals surface area contributed by atoms with Crippen LogP contribution in [0.15, 0.2) is 12.4 Å². The van der Waals surface area contributed by atoms with Crippen molar-refractivity contribution in [1.29, 1.82) is 0 Å². The van der Waals surface area contributed by atoms with E-state index in [0.29, 0.717) is 12.1 Å². The van der Waals surface area contributed by atoms with Crippen molar-refractivity contribution in [3.63, 3.8) is 0 Å². The summed E-state index contributed by atoms with van der Waals surface area (Å²) in [7, 11) is 0. The van der Waals surface area contributed by atoms with Gasteiger partial charge in [-0.2, -0.15) is 0 Å². The van der Waals surface area contributed by atoms with Gasteiger partial charge in [-0.3, -0.25) is 0 Å². The molecular formula is C14H23N3. The number of nitrogens with zero attached hydrogens (tertiary/aromatic N) is 2. The third-order valence-corrected chi connectivity index (χ3v) is 4.54. The molecule has 0 aromatic carbocycles. The number of hydrogen-bond donors (Lipinski definition) is 1. The minimum Gasteiger partial charge on any atom is -0.353 e. The topological polar surface area (TPSA) is 29.9 Å². The average Bonchev–Trinajstić information content (AvgIpc) is 3.00. The quantitative estimate of drug-likeness (QED) is 0.866. The Morgan fingerprint density at radius 1 is 1.18 bits per heavy atom. The lowest BCUT2D eigenvalue weighted by Gasteiger charge is -2.33. The predicted octanol–water partition coefficient (Wildman–Crippen LogP) is 3.45. The first-order valence-corrected chi connectivity index (χ1v) is 7.03. The number of rotatable bonds is 3. The number of imidazole rings is 1. The van der Waals surface area contributed by atoms with E-state index in [-0.39, 0.29) is 0 Å². The van der Waals surface area contributed by atoms with Crippen LogP contribution in [0.1, 0.15) is 52.0 Å². The van der Waals surface area contributed by atoms with Gasteiger partial charge in [-0.15, -0.1) is 0 Å². The molecule has 0 radical (unpaired) electrons. The number of hydrogen-bond acceptors (Lipinski definition) is 2. The van der Waals surface area contributed by atoms with Crippen LogP contribution in [-0.4, -0.2) is 15.6 Å². The van der Waals surface area contributed by atoms with Crippen molar-refractivity contribution < 1.29 is 0 Å². The van der Waals surface area contributed by atoms with Crippen LogP contribution in [0.4, 0.5) is 5.95 Å². The summed E-state index contributed by atoms with van der Waals surface area (Å²) in [5, 5.41) is 3.54. The van der Waals surface area contributed by atoms with E-state index in [2.05, 4.69) is 34.9 Å². The van der Waals surface area contributed by atoms with Crippen LogP contribution in [0.2, 0.25) is 0 Å². The van der Waals surface area contributed by atoms with Crippen LogP contribution in [0.3, 0.4) is 0 Å². The molecule has 2 fully saturated rings. The summed E-state index contributed by atoms with van der Waals surface area (Å²) in [4.78, 5) is 4.47. The zero-order chi connectivity index (χ0) is 11.8. The van der Waals surface area contributed by atoms with Crippen LogP contribution >= 0.6 is 0 Å². The van der Waals surface area contributed by atoms with E-state index in [1.54, 1.807) is 0 Å². The molecule has 3 heteroatoms. The van der Waals surface area contributed by atoms with E-state index < -0.39 is 0 Å². The van der Waals surface area contributed by atoms with Gasteiger partial charge >= 0.3 is 0 Å². The summed E-state index contributed by atoms with van der Waals surface area (Å²) in [6, 6.07) is 1.35. The first-order valence-electron chi connectivity index (χ1n) is 7.03. The standard InChI is InChI=1S/C14H23N3/c1-10-3-6-13(9-11(10)2)17-8-7-15-14(17)16-12-4-5-12/h7-8,10-13H,3-6,9H2,1-2H3,(H,15,16). The molecule has 17 heavy (non-hydrogen) atoms. The van der Waals surface area contributed by atoms with Gasteiger partial charge in [0.1, 0.15) is 0 Å². The lowest BCUT2D eigenvalue weighted by atomic mass is 9.79. The van der Waals surface area contributed by atoms with E-state index in [0.717, 1.165) is 17.8 Å². The van der Waals surface area contributed by atoms with Gasteiger partial charge in [0.15, 0.2) is 0 Å². The molecular weight excluding hydrogens is 210 g/mol. The van der Waals surface area contributed by atoms with Crippen LogP contribution in [0.5, 0.6) is 0 Å². The first kappa shape index (κ1) is 11.1. The second kappa shape index (κ2) is 4.35. The van der Waals surface area contributed by atoms with Crippen molar-refractivity contribution in [1.82, 2.24) is 9.55 Å². The molecule has 3 unspecified atom stereocenters. The van der Waals surface area contributed by atoms with Crippen LogP contribution < -0.4 is 5.32 Å². The highest BCUT2D eigenvalue weighted by Crippen LogP contribution is 2.37. The molecule has 3 atom stereocenters. The van der Waals surface area contributed by atoms with Crippen LogP contribution in [0, 0.1) is 11.8 Å². The van der Waals surface area contributed by atoms with Crippen molar-refractivity contribution >= 4 is 5.95 Å². The third-order valence-electron chi connectivity index (χ3n) is 4.54. The minimum absolute atomic E-state index is 0.657. The molecule has 94 valence electrons. The molecule has 1 N–H and O–H groups in total. The van der Waals surface area contributed by atoms with Gasteiger partial charge < -0.3 is 9.88 Å². The molecule has 1 aromatic heterocycles. The maximum absolute atomic E-state index is 4.47. The molecule has 2 saturated carbocycles. The van der Waals surface area contributed by atoms with Crippen LogP contribution in [-0.2, 0) is 0 Å². The van der Waals surface area contributed by atoms with E-state index >= 15 is 0 Å². The van der Waals surface area contributed by atoms with Gasteiger partial charge in [0.05, 0.1) is 0 Å². The zero-order valence-electron chi connectivity index (χ0n) is 10.9. The van der Waals surface area contributed by atoms with Gasteiger partial charge in [-0.1, -0.05) is 13.8 Å². The summed E-state index contributed by atoms with van der Waals surface area (Å²) >= 11 is 0. The lowest BCUT2D eigenvalue weighted by molar-refractivity contribution is 0.212. The largest absolute Gasteiger partial charge is 0.353 e. The van der Waals surface area contributed by atoms with Crippen molar-refractivity contribution in [2.75, 3.05) is 5.32 Å².